The van der Waals surface area contributed by atoms with Gasteiger partial charge in [0, 0.05) is 25.7 Å². The first kappa shape index (κ1) is 31.0. The number of benzene rings is 2. The van der Waals surface area contributed by atoms with Crippen LogP contribution in [0.2, 0.25) is 0 Å². The van der Waals surface area contributed by atoms with E-state index in [-0.39, 0.29) is 34.1 Å². The van der Waals surface area contributed by atoms with Crippen LogP contribution in [0.4, 0.5) is 15.9 Å². The molecule has 3 heterocycles. The van der Waals surface area contributed by atoms with Crippen molar-refractivity contribution in [3.63, 3.8) is 0 Å². The first-order valence-corrected chi connectivity index (χ1v) is 13.4. The van der Waals surface area contributed by atoms with E-state index in [1.165, 1.54) is 28.3 Å². The molecule has 3 N–H and O–H groups in total. The summed E-state index contributed by atoms with van der Waals surface area (Å²) in [5.74, 6) is -0.430. The molecule has 218 valence electrons. The maximum Gasteiger partial charge on any atom is 0.333 e. The maximum atomic E-state index is 14.5. The number of likely N-dealkylation sites (tertiary alicyclic amines) is 1. The lowest BCUT2D eigenvalue weighted by Crippen LogP contribution is -2.34. The number of nitrogens with zero attached hydrogens (tertiary/aromatic N) is 3. The Labute approximate surface area is 236 Å². The number of aromatic amines is 1. The van der Waals surface area contributed by atoms with Crippen LogP contribution in [0.3, 0.4) is 0 Å². The summed E-state index contributed by atoms with van der Waals surface area (Å²) in [6.07, 6.45) is 1.23. The lowest BCUT2D eigenvalue weighted by atomic mass is 10.1. The van der Waals surface area contributed by atoms with Crippen LogP contribution in [-0.4, -0.2) is 49.7 Å². The van der Waals surface area contributed by atoms with Gasteiger partial charge in [-0.3, -0.25) is 28.5 Å². The Morgan fingerprint density at radius 2 is 1.73 bits per heavy atom. The number of aliphatic hydroxyl groups is 1. The second-order valence-corrected chi connectivity index (χ2v) is 9.65. The number of amides is 1. The first-order valence-electron chi connectivity index (χ1n) is 13.4. The van der Waals surface area contributed by atoms with Crippen molar-refractivity contribution in [2.75, 3.05) is 18.4 Å². The molecule has 1 amide bonds. The third-order valence-corrected chi connectivity index (χ3v) is 6.65. The molecule has 0 aliphatic carbocycles. The van der Waals surface area contributed by atoms with Gasteiger partial charge in [-0.1, -0.05) is 32.0 Å². The van der Waals surface area contributed by atoms with Crippen molar-refractivity contribution in [1.29, 1.82) is 0 Å². The predicted octanol–water partition coefficient (Wildman–Crippen LogP) is 3.42. The van der Waals surface area contributed by atoms with E-state index in [1.807, 2.05) is 26.8 Å². The van der Waals surface area contributed by atoms with Gasteiger partial charge in [-0.25, -0.2) is 9.18 Å². The quantitative estimate of drug-likeness (QED) is 0.325. The zero-order valence-corrected chi connectivity index (χ0v) is 24.1. The number of fused-ring (bicyclic) bond motifs is 1. The highest BCUT2D eigenvalue weighted by molar-refractivity contribution is 5.93. The second-order valence-electron chi connectivity index (χ2n) is 9.65. The van der Waals surface area contributed by atoms with Gasteiger partial charge in [-0.05, 0) is 62.6 Å². The Bertz CT molecular complexity index is 1740. The van der Waals surface area contributed by atoms with Gasteiger partial charge in [0.2, 0.25) is 6.41 Å². The summed E-state index contributed by atoms with van der Waals surface area (Å²) in [7, 11) is 1.49. The van der Waals surface area contributed by atoms with Crippen LogP contribution in [0.1, 0.15) is 37.0 Å². The summed E-state index contributed by atoms with van der Waals surface area (Å²) in [5, 5.41) is 11.8. The molecule has 0 saturated carbocycles. The predicted molar refractivity (Wildman–Crippen MR) is 159 cm³/mol. The lowest BCUT2D eigenvalue weighted by molar-refractivity contribution is -0.117. The normalized spacial score (nSPS) is 14.1. The maximum absolute atomic E-state index is 14.5. The van der Waals surface area contributed by atoms with E-state index < -0.39 is 22.6 Å². The van der Waals surface area contributed by atoms with E-state index in [0.29, 0.717) is 18.8 Å². The molecular weight excluding hydrogens is 529 g/mol. The van der Waals surface area contributed by atoms with E-state index in [0.717, 1.165) is 24.0 Å². The van der Waals surface area contributed by atoms with Gasteiger partial charge in [0.15, 0.2) is 0 Å². The van der Waals surface area contributed by atoms with Crippen molar-refractivity contribution in [2.24, 2.45) is 7.05 Å². The summed E-state index contributed by atoms with van der Waals surface area (Å²) in [6.45, 7) is 10.4. The smallest absolute Gasteiger partial charge is 0.333 e. The Balaban J connectivity index is 0.000000394. The summed E-state index contributed by atoms with van der Waals surface area (Å²) >= 11 is 0. The third-order valence-electron chi connectivity index (χ3n) is 6.65. The molecule has 4 aromatic rings. The fourth-order valence-corrected chi connectivity index (χ4v) is 4.61. The molecule has 11 heteroatoms. The molecule has 5 rings (SSSR count). The number of hydrogen-bond acceptors (Lipinski definition) is 6. The van der Waals surface area contributed by atoms with Gasteiger partial charge >= 0.3 is 5.69 Å². The first-order chi connectivity index (χ1) is 19.5. The van der Waals surface area contributed by atoms with Crippen molar-refractivity contribution in [1.82, 2.24) is 19.0 Å². The van der Waals surface area contributed by atoms with E-state index >= 15 is 0 Å². The lowest BCUT2D eigenvalue weighted by Gasteiger charge is -2.18. The number of carbonyl (C=O) groups excluding carboxylic acids is 1. The molecule has 0 bridgehead atoms. The Morgan fingerprint density at radius 3 is 2.29 bits per heavy atom. The van der Waals surface area contributed by atoms with Crippen LogP contribution >= 0.6 is 0 Å². The fraction of sp³-hybridized carbons (Fsp3) is 0.333. The molecule has 10 nitrogen and oxygen atoms in total. The Kier molecular flexibility index (Phi) is 10.0. The van der Waals surface area contributed by atoms with Crippen molar-refractivity contribution in [3.8, 4) is 5.69 Å². The number of carbonyl (C=O) groups is 1. The average molecular weight is 566 g/mol. The summed E-state index contributed by atoms with van der Waals surface area (Å²) in [5.41, 5.74) is 0.934. The van der Waals surface area contributed by atoms with E-state index in [1.54, 1.807) is 43.0 Å². The van der Waals surface area contributed by atoms with Crippen LogP contribution < -0.4 is 22.1 Å². The number of aryl methyl sites for hydroxylation is 3. The zero-order chi connectivity index (χ0) is 30.4. The van der Waals surface area contributed by atoms with Crippen molar-refractivity contribution < 1.29 is 14.3 Å². The van der Waals surface area contributed by atoms with Crippen molar-refractivity contribution in [2.45, 2.75) is 47.1 Å². The fourth-order valence-electron chi connectivity index (χ4n) is 4.61. The van der Waals surface area contributed by atoms with Crippen LogP contribution in [0.25, 0.3) is 16.6 Å². The van der Waals surface area contributed by atoms with Crippen LogP contribution in [0.15, 0.2) is 56.8 Å². The number of anilines is 2. The molecule has 1 aliphatic heterocycles. The average Bonchev–Trinajstić information content (AvgIpc) is 3.37. The molecule has 2 aromatic carbocycles. The van der Waals surface area contributed by atoms with Crippen LogP contribution in [-0.2, 0) is 11.8 Å². The minimum Gasteiger partial charge on any atom is -0.391 e. The number of nitrogens with one attached hydrogen (secondary N) is 2. The standard InChI is InChI=1S/C23H21FN4O3.C5H9NO2.C2H6/c1-12-6-5-7-15(10-12)28-19-14(3)22(30)27(4)20(18(19)21(29)26-23(28)31)25-17-9-8-13(2)11-16(17)24;7-4-6-2-1-5(8)3-6;1-2/h5-11,25H,1-4H3,(H,26,29,31);4-5,8H,1-3H2;1-2H3. The number of pyridine rings is 1. The van der Waals surface area contributed by atoms with Crippen LogP contribution in [0, 0.1) is 26.6 Å². The number of aromatic nitrogens is 3. The Morgan fingerprint density at radius 1 is 1.05 bits per heavy atom. The van der Waals surface area contributed by atoms with Crippen LogP contribution in [0.5, 0.6) is 0 Å². The minimum atomic E-state index is -0.669. The highest BCUT2D eigenvalue weighted by Gasteiger charge is 2.21. The molecule has 1 unspecified atom stereocenters. The van der Waals surface area contributed by atoms with Crippen molar-refractivity contribution in [3.05, 3.63) is 96.2 Å². The second kappa shape index (κ2) is 13.2. The van der Waals surface area contributed by atoms with Gasteiger partial charge in [0.1, 0.15) is 17.0 Å². The van der Waals surface area contributed by atoms with Gasteiger partial charge in [-0.2, -0.15) is 0 Å². The molecule has 0 radical (unpaired) electrons. The summed E-state index contributed by atoms with van der Waals surface area (Å²) in [6, 6.07) is 11.8. The van der Waals surface area contributed by atoms with E-state index in [2.05, 4.69) is 10.3 Å². The minimum absolute atomic E-state index is 0.0840. The largest absolute Gasteiger partial charge is 0.391 e. The van der Waals surface area contributed by atoms with Gasteiger partial charge < -0.3 is 15.3 Å². The molecule has 41 heavy (non-hydrogen) atoms. The molecule has 2 aromatic heterocycles. The highest BCUT2D eigenvalue weighted by atomic mass is 19.1. The summed E-state index contributed by atoms with van der Waals surface area (Å²) < 4.78 is 17.1. The third kappa shape index (κ3) is 6.63. The number of hydrogen-bond donors (Lipinski definition) is 3. The zero-order valence-electron chi connectivity index (χ0n) is 24.1. The SMILES string of the molecule is CC.Cc1cccc(-n2c(=O)[nH]c(=O)c3c(Nc4ccc(C)cc4F)n(C)c(=O)c(C)c32)c1.O=CN1CCC(O)C1. The number of rotatable bonds is 4. The highest BCUT2D eigenvalue weighted by Crippen LogP contribution is 2.26. The summed E-state index contributed by atoms with van der Waals surface area (Å²) in [4.78, 5) is 52.6. The Hall–Kier alpha value is -4.51. The van der Waals surface area contributed by atoms with Gasteiger partial charge in [-0.15, -0.1) is 0 Å². The number of H-pyrrole nitrogens is 1. The number of β-amino-alcohol motifs (C(OH)–C–C–N with tert-alkyl or cyclic N) is 1. The topological polar surface area (TPSA) is 129 Å². The van der Waals surface area contributed by atoms with Gasteiger partial charge in [0.05, 0.1) is 23.0 Å². The molecule has 1 aliphatic rings. The molecule has 0 spiro atoms. The molecule has 1 saturated heterocycles. The number of aliphatic hydroxyl groups excluding tert-OH is 1. The number of halogens is 1. The molecular formula is C30H36FN5O5. The molecule has 1 atom stereocenters. The van der Waals surface area contributed by atoms with E-state index in [9.17, 15) is 23.6 Å². The van der Waals surface area contributed by atoms with Gasteiger partial charge in [0.25, 0.3) is 11.1 Å². The monoisotopic (exact) mass is 565 g/mol. The van der Waals surface area contributed by atoms with E-state index in [4.69, 9.17) is 5.11 Å². The molecule has 1 fully saturated rings. The van der Waals surface area contributed by atoms with Crippen molar-refractivity contribution >= 4 is 28.8 Å².